The molecular weight excluding hydrogens is 1210 g/mol. The molecule has 0 fully saturated rings. The Kier molecular flexibility index (Phi) is 66.2. The van der Waals surface area contributed by atoms with Crippen molar-refractivity contribution in [2.45, 2.75) is 406 Å². The van der Waals surface area contributed by atoms with E-state index in [1.165, 1.54) is 218 Å². The molecule has 4 atom stereocenters. The first kappa shape index (κ1) is 90.1. The van der Waals surface area contributed by atoms with E-state index in [2.05, 4.69) is 27.7 Å². The van der Waals surface area contributed by atoms with E-state index in [4.69, 9.17) is 37.0 Å². The van der Waals surface area contributed by atoms with Gasteiger partial charge in [0.2, 0.25) is 0 Å². The Morgan fingerprint density at radius 2 is 0.446 bits per heavy atom. The van der Waals surface area contributed by atoms with Gasteiger partial charge in [-0.2, -0.15) is 0 Å². The van der Waals surface area contributed by atoms with Gasteiger partial charge in [0.1, 0.15) is 19.3 Å². The van der Waals surface area contributed by atoms with Crippen LogP contribution in [0.25, 0.3) is 0 Å². The second kappa shape index (κ2) is 67.6. The Morgan fingerprint density at radius 1 is 0.272 bits per heavy atom. The average Bonchev–Trinajstić information content (AvgIpc) is 3.63. The number of aliphatic hydroxyl groups is 1. The van der Waals surface area contributed by atoms with Crippen molar-refractivity contribution in [3.05, 3.63) is 0 Å². The van der Waals surface area contributed by atoms with E-state index in [0.717, 1.165) is 89.9 Å². The van der Waals surface area contributed by atoms with Crippen LogP contribution in [0.3, 0.4) is 0 Å². The van der Waals surface area contributed by atoms with Gasteiger partial charge in [-0.25, -0.2) is 0 Å². The van der Waals surface area contributed by atoms with Crippen LogP contribution in [0.2, 0.25) is 0 Å². The molecule has 4 unspecified atom stereocenters. The van der Waals surface area contributed by atoms with Crippen molar-refractivity contribution in [1.29, 1.82) is 0 Å². The first-order chi connectivity index (χ1) is 44.7. The molecule has 92 heavy (non-hydrogen) atoms. The molecule has 0 aliphatic carbocycles. The number of ether oxygens (including phenoxy) is 4. The van der Waals surface area contributed by atoms with Gasteiger partial charge in [0.05, 0.1) is 26.4 Å². The van der Waals surface area contributed by atoms with Gasteiger partial charge in [-0.1, -0.05) is 336 Å². The van der Waals surface area contributed by atoms with E-state index in [-0.39, 0.29) is 25.7 Å². The molecule has 0 saturated heterocycles. The van der Waals surface area contributed by atoms with Crippen LogP contribution < -0.4 is 9.79 Å². The molecule has 0 rings (SSSR count). The van der Waals surface area contributed by atoms with Crippen molar-refractivity contribution in [2.75, 3.05) is 39.6 Å². The van der Waals surface area contributed by atoms with E-state index in [1.807, 2.05) is 0 Å². The highest BCUT2D eigenvalue weighted by molar-refractivity contribution is 7.46. The highest BCUT2D eigenvalue weighted by atomic mass is 31.2. The first-order valence-electron chi connectivity index (χ1n) is 38.2. The number of aliphatic hydroxyl groups excluding tert-OH is 1. The molecular formula is C73H140O17P2-2. The predicted molar refractivity (Wildman–Crippen MR) is 368 cm³/mol. The van der Waals surface area contributed by atoms with Crippen LogP contribution in [0.1, 0.15) is 387 Å². The lowest BCUT2D eigenvalue weighted by atomic mass is 10.0. The summed E-state index contributed by atoms with van der Waals surface area (Å²) in [5.74, 6) is -2.21. The van der Waals surface area contributed by atoms with Gasteiger partial charge in [-0.15, -0.1) is 0 Å². The van der Waals surface area contributed by atoms with Crippen LogP contribution in [0.4, 0.5) is 0 Å². The number of carbonyl (C=O) groups excluding carboxylic acids is 4. The van der Waals surface area contributed by atoms with Crippen molar-refractivity contribution in [2.24, 2.45) is 0 Å². The molecule has 0 aromatic rings. The molecule has 0 amide bonds. The monoisotopic (exact) mass is 1350 g/mol. The molecule has 0 bridgehead atoms. The van der Waals surface area contributed by atoms with Crippen LogP contribution in [0, 0.1) is 0 Å². The minimum atomic E-state index is -5.22. The molecule has 1 N–H and O–H groups in total. The number of carbonyl (C=O) groups is 4. The zero-order valence-electron chi connectivity index (χ0n) is 59.4. The Hall–Kier alpha value is -1.94. The van der Waals surface area contributed by atoms with Crippen molar-refractivity contribution < 1.29 is 80.2 Å². The normalized spacial score (nSPS) is 13.9. The summed E-state index contributed by atoms with van der Waals surface area (Å²) in [4.78, 5) is 77.3. The highest BCUT2D eigenvalue weighted by Crippen LogP contribution is 2.41. The van der Waals surface area contributed by atoms with Crippen LogP contribution >= 0.6 is 15.6 Å². The van der Waals surface area contributed by atoms with Crippen LogP contribution in [-0.4, -0.2) is 86.9 Å². The molecule has 0 aromatic carbocycles. The summed E-state index contributed by atoms with van der Waals surface area (Å²) in [6.45, 7) is 4.57. The van der Waals surface area contributed by atoms with Crippen molar-refractivity contribution in [3.8, 4) is 0 Å². The molecule has 0 aliphatic heterocycles. The zero-order valence-corrected chi connectivity index (χ0v) is 61.2. The molecule has 17 nitrogen and oxygen atoms in total. The maximum Gasteiger partial charge on any atom is 0.306 e. The van der Waals surface area contributed by atoms with Gasteiger partial charge in [0.25, 0.3) is 15.6 Å². The van der Waals surface area contributed by atoms with Gasteiger partial charge in [-0.3, -0.25) is 28.3 Å². The number of phosphoric acid groups is 2. The maximum absolute atomic E-state index is 13.0. The van der Waals surface area contributed by atoms with Gasteiger partial charge in [-0.05, 0) is 25.7 Å². The number of esters is 4. The van der Waals surface area contributed by atoms with E-state index < -0.39 is 97.5 Å². The second-order valence-electron chi connectivity index (χ2n) is 26.3. The minimum Gasteiger partial charge on any atom is -0.756 e. The fourth-order valence-electron chi connectivity index (χ4n) is 11.2. The number of hydrogen-bond donors (Lipinski definition) is 1. The molecule has 0 aliphatic rings. The first-order valence-corrected chi connectivity index (χ1v) is 41.2. The fourth-order valence-corrected chi connectivity index (χ4v) is 12.8. The zero-order chi connectivity index (χ0) is 67.5. The van der Waals surface area contributed by atoms with E-state index in [0.29, 0.717) is 25.7 Å². The quantitative estimate of drug-likeness (QED) is 0.0257. The molecule has 546 valence electrons. The summed E-state index contributed by atoms with van der Waals surface area (Å²) in [5, 5.41) is 10.5. The topological polar surface area (TPSA) is 243 Å². The number of hydrogen-bond acceptors (Lipinski definition) is 17. The van der Waals surface area contributed by atoms with Crippen molar-refractivity contribution >= 4 is 39.5 Å². The average molecular weight is 1350 g/mol. The Labute approximate surface area is 562 Å². The molecule has 0 aromatic heterocycles. The lowest BCUT2D eigenvalue weighted by molar-refractivity contribution is -0.233. The summed E-state index contributed by atoms with van der Waals surface area (Å²) in [5.41, 5.74) is 0. The smallest absolute Gasteiger partial charge is 0.306 e. The lowest BCUT2D eigenvalue weighted by Crippen LogP contribution is -2.31. The summed E-state index contributed by atoms with van der Waals surface area (Å²) < 4.78 is 67.6. The lowest BCUT2D eigenvalue weighted by Gasteiger charge is -2.28. The van der Waals surface area contributed by atoms with Crippen LogP contribution in [0.5, 0.6) is 0 Å². The standard InChI is InChI=1S/C73H142O17P2/c1-5-9-13-17-21-25-29-33-37-41-45-49-53-57-70(75)83-63-68(89-72(77)59-55-51-47-43-39-35-31-27-23-19-15-11-7-3)65-87-91(79,80)85-61-67(74)62-86-92(81,82)88-66-69(90-73(78)60-56-52-48-44-40-36-32-28-24-20-16-12-8-4)64-84-71(76)58-54-50-46-42-38-34-30-26-22-18-14-10-6-2/h67-69,74H,5-66H2,1-4H3,(H,79,80)(H,81,82)/p-2. The SMILES string of the molecule is CCCCCCCCCCCCCCCC(=O)OCC(COP(=O)([O-])OCC(O)COP(=O)([O-])OCC(COC(=O)CCCCCCCCCCCCCCC)OC(=O)CCCCCCCCCCCCCCC)OC(=O)CCCCCCCCCCCCCCC. The van der Waals surface area contributed by atoms with Gasteiger partial charge < -0.3 is 51.9 Å². The van der Waals surface area contributed by atoms with Crippen molar-refractivity contribution in [3.63, 3.8) is 0 Å². The summed E-state index contributed by atoms with van der Waals surface area (Å²) in [7, 11) is -10.4. The van der Waals surface area contributed by atoms with Crippen LogP contribution in [0.15, 0.2) is 0 Å². The Balaban J connectivity index is 5.25. The van der Waals surface area contributed by atoms with Gasteiger partial charge in [0, 0.05) is 25.7 Å². The predicted octanol–water partition coefficient (Wildman–Crippen LogP) is 20.2. The van der Waals surface area contributed by atoms with Crippen LogP contribution in [-0.2, 0) is 65.4 Å². The number of unbranched alkanes of at least 4 members (excludes halogenated alkanes) is 48. The third kappa shape index (κ3) is 66.7. The fraction of sp³-hybridized carbons (Fsp3) is 0.945. The maximum atomic E-state index is 13.0. The Bertz CT molecular complexity index is 1630. The van der Waals surface area contributed by atoms with E-state index in [9.17, 15) is 43.2 Å². The van der Waals surface area contributed by atoms with E-state index >= 15 is 0 Å². The molecule has 0 spiro atoms. The largest absolute Gasteiger partial charge is 0.756 e. The molecule has 0 radical (unpaired) electrons. The third-order valence-corrected chi connectivity index (χ3v) is 18.9. The van der Waals surface area contributed by atoms with E-state index in [1.54, 1.807) is 0 Å². The Morgan fingerprint density at radius 3 is 0.652 bits per heavy atom. The highest BCUT2D eigenvalue weighted by Gasteiger charge is 2.25. The summed E-state index contributed by atoms with van der Waals surface area (Å²) in [6.07, 6.45) is 55.9. The van der Waals surface area contributed by atoms with Crippen molar-refractivity contribution in [1.82, 2.24) is 0 Å². The molecule has 0 heterocycles. The third-order valence-electron chi connectivity index (χ3n) is 17.1. The summed E-state index contributed by atoms with van der Waals surface area (Å²) >= 11 is 0. The minimum absolute atomic E-state index is 0.0878. The molecule has 19 heteroatoms. The number of phosphoric ester groups is 2. The van der Waals surface area contributed by atoms with Gasteiger partial charge >= 0.3 is 23.9 Å². The summed E-state index contributed by atoms with van der Waals surface area (Å²) in [6, 6.07) is 0. The molecule has 0 saturated carbocycles. The van der Waals surface area contributed by atoms with Gasteiger partial charge in [0.15, 0.2) is 12.2 Å². The number of rotatable bonds is 74. The second-order valence-corrected chi connectivity index (χ2v) is 29.1.